The molecule has 0 bridgehead atoms. The zero-order chi connectivity index (χ0) is 10.9. The number of aromatic nitrogens is 3. The fraction of sp³-hybridized carbons (Fsp3) is 0.455. The predicted molar refractivity (Wildman–Crippen MR) is 58.5 cm³/mol. The zero-order valence-corrected chi connectivity index (χ0v) is 8.99. The number of aryl methyl sites for hydroxylation is 1. The molecule has 80 valence electrons. The topological polar surface area (TPSA) is 61.8 Å². The third-order valence-corrected chi connectivity index (χ3v) is 2.39. The van der Waals surface area contributed by atoms with Crippen molar-refractivity contribution in [3.05, 3.63) is 24.2 Å². The van der Waals surface area contributed by atoms with Crippen molar-refractivity contribution in [2.45, 2.75) is 32.3 Å². The van der Waals surface area contributed by atoms with Crippen LogP contribution in [0.15, 0.2) is 18.6 Å². The Kier molecular flexibility index (Phi) is 2.44. The molecule has 0 amide bonds. The second kappa shape index (κ2) is 3.62. The van der Waals surface area contributed by atoms with Gasteiger partial charge in [-0.3, -0.25) is 4.98 Å². The third-order valence-electron chi connectivity index (χ3n) is 2.39. The van der Waals surface area contributed by atoms with Gasteiger partial charge in [-0.25, -0.2) is 4.98 Å². The number of hydrogen-bond donors (Lipinski definition) is 2. The highest BCUT2D eigenvalue weighted by atomic mass is 16.3. The quantitative estimate of drug-likeness (QED) is 0.801. The largest absolute Gasteiger partial charge is 0.390 e. The van der Waals surface area contributed by atoms with Crippen LogP contribution in [0.25, 0.3) is 11.2 Å². The van der Waals surface area contributed by atoms with E-state index >= 15 is 0 Å². The molecule has 2 aromatic rings. The lowest BCUT2D eigenvalue weighted by atomic mass is 10.00. The van der Waals surface area contributed by atoms with Crippen LogP contribution in [-0.4, -0.2) is 25.7 Å². The Morgan fingerprint density at radius 2 is 2.07 bits per heavy atom. The van der Waals surface area contributed by atoms with Gasteiger partial charge in [0.05, 0.1) is 5.60 Å². The standard InChI is InChI=1S/C11H15N3O/c1-11(2,15)4-3-8-7-14-10-9(8)12-5-6-13-10/h5-7,15H,3-4H2,1-2H3,(H,13,14). The molecule has 0 aliphatic heterocycles. The van der Waals surface area contributed by atoms with E-state index in [0.29, 0.717) is 0 Å². The average molecular weight is 205 g/mol. The molecule has 0 saturated carbocycles. The van der Waals surface area contributed by atoms with Gasteiger partial charge in [-0.2, -0.15) is 0 Å². The first kappa shape index (κ1) is 10.1. The number of fused-ring (bicyclic) bond motifs is 1. The molecule has 2 aromatic heterocycles. The normalized spacial score (nSPS) is 12.2. The molecule has 0 unspecified atom stereocenters. The maximum absolute atomic E-state index is 9.64. The molecule has 4 heteroatoms. The van der Waals surface area contributed by atoms with Gasteiger partial charge < -0.3 is 10.1 Å². The van der Waals surface area contributed by atoms with Crippen molar-refractivity contribution < 1.29 is 5.11 Å². The molecule has 0 aliphatic rings. The first-order chi connectivity index (χ1) is 7.06. The summed E-state index contributed by atoms with van der Waals surface area (Å²) in [5.41, 5.74) is 2.19. The summed E-state index contributed by atoms with van der Waals surface area (Å²) in [6.45, 7) is 3.63. The number of H-pyrrole nitrogens is 1. The van der Waals surface area contributed by atoms with Gasteiger partial charge in [0.25, 0.3) is 0 Å². The summed E-state index contributed by atoms with van der Waals surface area (Å²) < 4.78 is 0. The highest BCUT2D eigenvalue weighted by Crippen LogP contribution is 2.18. The van der Waals surface area contributed by atoms with Gasteiger partial charge in [0.1, 0.15) is 5.52 Å². The summed E-state index contributed by atoms with van der Waals surface area (Å²) in [6.07, 6.45) is 6.79. The van der Waals surface area contributed by atoms with Crippen molar-refractivity contribution in [2.24, 2.45) is 0 Å². The third kappa shape index (κ3) is 2.33. The fourth-order valence-electron chi connectivity index (χ4n) is 1.53. The van der Waals surface area contributed by atoms with Crippen LogP contribution >= 0.6 is 0 Å². The maximum atomic E-state index is 9.64. The number of rotatable bonds is 3. The number of nitrogens with one attached hydrogen (secondary N) is 1. The van der Waals surface area contributed by atoms with Crippen molar-refractivity contribution in [3.8, 4) is 0 Å². The van der Waals surface area contributed by atoms with E-state index in [1.807, 2.05) is 20.0 Å². The SMILES string of the molecule is CC(C)(O)CCc1c[nH]c2nccnc12. The maximum Gasteiger partial charge on any atom is 0.156 e. The molecule has 0 aliphatic carbocycles. The first-order valence-electron chi connectivity index (χ1n) is 5.06. The highest BCUT2D eigenvalue weighted by Gasteiger charge is 2.14. The predicted octanol–water partition coefficient (Wildman–Crippen LogP) is 1.66. The van der Waals surface area contributed by atoms with E-state index in [0.717, 1.165) is 29.6 Å². The van der Waals surface area contributed by atoms with E-state index in [2.05, 4.69) is 15.0 Å². The monoisotopic (exact) mass is 205 g/mol. The van der Waals surface area contributed by atoms with Crippen LogP contribution in [0.4, 0.5) is 0 Å². The molecule has 0 saturated heterocycles. The minimum absolute atomic E-state index is 0.633. The second-order valence-corrected chi connectivity index (χ2v) is 4.38. The zero-order valence-electron chi connectivity index (χ0n) is 8.99. The minimum Gasteiger partial charge on any atom is -0.390 e. The summed E-state index contributed by atoms with van der Waals surface area (Å²) in [5.74, 6) is 0. The molecule has 0 aromatic carbocycles. The molecule has 0 spiro atoms. The number of hydrogen-bond acceptors (Lipinski definition) is 3. The van der Waals surface area contributed by atoms with Gasteiger partial charge in [-0.15, -0.1) is 0 Å². The Hall–Kier alpha value is -1.42. The van der Waals surface area contributed by atoms with Gasteiger partial charge >= 0.3 is 0 Å². The van der Waals surface area contributed by atoms with Crippen LogP contribution in [0, 0.1) is 0 Å². The molecule has 0 fully saturated rings. The molecule has 2 heterocycles. The van der Waals surface area contributed by atoms with Gasteiger partial charge in [0, 0.05) is 18.6 Å². The van der Waals surface area contributed by atoms with Crippen molar-refractivity contribution in [2.75, 3.05) is 0 Å². The molecular weight excluding hydrogens is 190 g/mol. The van der Waals surface area contributed by atoms with Crippen LogP contribution in [0.2, 0.25) is 0 Å². The van der Waals surface area contributed by atoms with E-state index in [4.69, 9.17) is 0 Å². The Balaban J connectivity index is 2.22. The Labute approximate surface area is 88.4 Å². The van der Waals surface area contributed by atoms with Crippen LogP contribution in [0.1, 0.15) is 25.8 Å². The molecular formula is C11H15N3O. The fourth-order valence-corrected chi connectivity index (χ4v) is 1.53. The van der Waals surface area contributed by atoms with Crippen molar-refractivity contribution in [1.29, 1.82) is 0 Å². The lowest BCUT2D eigenvalue weighted by Crippen LogP contribution is -2.19. The van der Waals surface area contributed by atoms with Crippen LogP contribution in [0.3, 0.4) is 0 Å². The molecule has 0 atom stereocenters. The Morgan fingerprint density at radius 3 is 2.80 bits per heavy atom. The Morgan fingerprint density at radius 1 is 1.33 bits per heavy atom. The number of aromatic amines is 1. The summed E-state index contributed by atoms with van der Waals surface area (Å²) in [5, 5.41) is 9.64. The minimum atomic E-state index is -0.633. The summed E-state index contributed by atoms with van der Waals surface area (Å²) in [6, 6.07) is 0. The van der Waals surface area contributed by atoms with E-state index in [9.17, 15) is 5.11 Å². The van der Waals surface area contributed by atoms with Gasteiger partial charge in [-0.05, 0) is 32.3 Å². The smallest absolute Gasteiger partial charge is 0.156 e. The first-order valence-corrected chi connectivity index (χ1v) is 5.06. The van der Waals surface area contributed by atoms with Gasteiger partial charge in [0.2, 0.25) is 0 Å². The molecule has 0 radical (unpaired) electrons. The van der Waals surface area contributed by atoms with E-state index in [1.54, 1.807) is 12.4 Å². The lowest BCUT2D eigenvalue weighted by Gasteiger charge is -2.15. The Bertz CT molecular complexity index is 456. The molecule has 2 rings (SSSR count). The summed E-state index contributed by atoms with van der Waals surface area (Å²) >= 11 is 0. The lowest BCUT2D eigenvalue weighted by molar-refractivity contribution is 0.0715. The summed E-state index contributed by atoms with van der Waals surface area (Å²) in [4.78, 5) is 11.5. The van der Waals surface area contributed by atoms with E-state index < -0.39 is 5.60 Å². The number of nitrogens with zero attached hydrogens (tertiary/aromatic N) is 2. The van der Waals surface area contributed by atoms with E-state index in [-0.39, 0.29) is 0 Å². The van der Waals surface area contributed by atoms with Gasteiger partial charge in [0.15, 0.2) is 5.65 Å². The molecule has 15 heavy (non-hydrogen) atoms. The van der Waals surface area contributed by atoms with Crippen molar-refractivity contribution in [1.82, 2.24) is 15.0 Å². The molecule has 4 nitrogen and oxygen atoms in total. The molecule has 2 N–H and O–H groups in total. The highest BCUT2D eigenvalue weighted by molar-refractivity contribution is 5.74. The number of aliphatic hydroxyl groups is 1. The van der Waals surface area contributed by atoms with E-state index in [1.165, 1.54) is 0 Å². The average Bonchev–Trinajstić information content (AvgIpc) is 2.57. The van der Waals surface area contributed by atoms with Crippen molar-refractivity contribution in [3.63, 3.8) is 0 Å². The second-order valence-electron chi connectivity index (χ2n) is 4.38. The van der Waals surface area contributed by atoms with Crippen LogP contribution in [-0.2, 0) is 6.42 Å². The van der Waals surface area contributed by atoms with Gasteiger partial charge in [-0.1, -0.05) is 0 Å². The van der Waals surface area contributed by atoms with Crippen LogP contribution < -0.4 is 0 Å². The van der Waals surface area contributed by atoms with Crippen LogP contribution in [0.5, 0.6) is 0 Å². The summed E-state index contributed by atoms with van der Waals surface area (Å²) in [7, 11) is 0. The van der Waals surface area contributed by atoms with Crippen molar-refractivity contribution >= 4 is 11.2 Å².